The molecule has 0 unspecified atom stereocenters. The largest absolute Gasteiger partial charge is 0.376 e. The van der Waals surface area contributed by atoms with Gasteiger partial charge in [0.15, 0.2) is 4.34 Å². The number of nitrogens with one attached hydrogen (secondary N) is 2. The molecule has 1 atom stereocenters. The van der Waals surface area contributed by atoms with Crippen molar-refractivity contribution in [1.82, 2.24) is 20.0 Å². The first kappa shape index (κ1) is 21.8. The summed E-state index contributed by atoms with van der Waals surface area (Å²) in [6.45, 7) is 7.48. The van der Waals surface area contributed by atoms with Crippen LogP contribution < -0.4 is 10.6 Å². The second kappa shape index (κ2) is 9.80. The molecule has 4 rings (SSSR count). The SMILES string of the molecule is Cc1ccc(-n2nc(C)c(NC(=O)CSc3nnc(NC[C@@H]4CCCO4)s3)c2C)cc1. The van der Waals surface area contributed by atoms with E-state index in [1.54, 1.807) is 0 Å². The third kappa shape index (κ3) is 5.44. The minimum absolute atomic E-state index is 0.0938. The first-order valence-electron chi connectivity index (χ1n) is 10.2. The number of thioether (sulfide) groups is 1. The van der Waals surface area contributed by atoms with Crippen LogP contribution in [-0.4, -0.2) is 50.9 Å². The highest BCUT2D eigenvalue weighted by atomic mass is 32.2. The van der Waals surface area contributed by atoms with Gasteiger partial charge in [0.2, 0.25) is 11.0 Å². The van der Waals surface area contributed by atoms with Crippen LogP contribution in [0, 0.1) is 20.8 Å². The Kier molecular flexibility index (Phi) is 6.89. The number of nitrogens with zero attached hydrogens (tertiary/aromatic N) is 4. The van der Waals surface area contributed by atoms with Gasteiger partial charge in [0.1, 0.15) is 0 Å². The van der Waals surface area contributed by atoms with Gasteiger partial charge in [-0.15, -0.1) is 10.2 Å². The van der Waals surface area contributed by atoms with Crippen LogP contribution in [-0.2, 0) is 9.53 Å². The van der Waals surface area contributed by atoms with Crippen LogP contribution in [0.5, 0.6) is 0 Å². The Balaban J connectivity index is 1.31. The maximum absolute atomic E-state index is 12.5. The van der Waals surface area contributed by atoms with E-state index in [0.717, 1.165) is 58.2 Å². The monoisotopic (exact) mass is 458 g/mol. The summed E-state index contributed by atoms with van der Waals surface area (Å²) in [4.78, 5) is 12.5. The molecule has 0 spiro atoms. The van der Waals surface area contributed by atoms with Gasteiger partial charge in [-0.2, -0.15) is 5.10 Å². The molecule has 0 saturated carbocycles. The van der Waals surface area contributed by atoms with Gasteiger partial charge in [-0.1, -0.05) is 40.8 Å². The van der Waals surface area contributed by atoms with Crippen LogP contribution in [0.3, 0.4) is 0 Å². The highest BCUT2D eigenvalue weighted by molar-refractivity contribution is 8.01. The number of hydrogen-bond donors (Lipinski definition) is 2. The van der Waals surface area contributed by atoms with E-state index in [1.807, 2.05) is 42.8 Å². The predicted octanol–water partition coefficient (Wildman–Crippen LogP) is 3.97. The van der Waals surface area contributed by atoms with Crippen LogP contribution in [0.4, 0.5) is 10.8 Å². The predicted molar refractivity (Wildman–Crippen MR) is 125 cm³/mol. The van der Waals surface area contributed by atoms with E-state index >= 15 is 0 Å². The van der Waals surface area contributed by atoms with Crippen LogP contribution in [0.2, 0.25) is 0 Å². The second-order valence-electron chi connectivity index (χ2n) is 7.52. The highest BCUT2D eigenvalue weighted by Crippen LogP contribution is 2.27. The fourth-order valence-electron chi connectivity index (χ4n) is 3.41. The van der Waals surface area contributed by atoms with Gasteiger partial charge in [0, 0.05) is 13.2 Å². The molecule has 1 aliphatic heterocycles. The van der Waals surface area contributed by atoms with Crippen LogP contribution in [0.1, 0.15) is 29.8 Å². The van der Waals surface area contributed by atoms with Gasteiger partial charge < -0.3 is 15.4 Å². The van der Waals surface area contributed by atoms with Gasteiger partial charge in [-0.25, -0.2) is 4.68 Å². The average molecular weight is 459 g/mol. The van der Waals surface area contributed by atoms with E-state index in [-0.39, 0.29) is 17.8 Å². The molecule has 1 fully saturated rings. The zero-order valence-electron chi connectivity index (χ0n) is 17.8. The first-order valence-corrected chi connectivity index (χ1v) is 12.0. The molecule has 1 amide bonds. The zero-order chi connectivity index (χ0) is 21.8. The highest BCUT2D eigenvalue weighted by Gasteiger charge is 2.17. The Bertz CT molecular complexity index is 1040. The minimum Gasteiger partial charge on any atom is -0.376 e. The van der Waals surface area contributed by atoms with Crippen LogP contribution in [0.25, 0.3) is 5.69 Å². The first-order chi connectivity index (χ1) is 15.0. The maximum Gasteiger partial charge on any atom is 0.234 e. The van der Waals surface area contributed by atoms with Crippen molar-refractivity contribution in [2.24, 2.45) is 0 Å². The van der Waals surface area contributed by atoms with E-state index in [0.29, 0.717) is 0 Å². The van der Waals surface area contributed by atoms with E-state index in [9.17, 15) is 4.79 Å². The lowest BCUT2D eigenvalue weighted by Crippen LogP contribution is -2.18. The summed E-state index contributed by atoms with van der Waals surface area (Å²) in [5.41, 5.74) is 4.60. The number of amides is 1. The van der Waals surface area contributed by atoms with E-state index < -0.39 is 0 Å². The molecule has 1 saturated heterocycles. The summed E-state index contributed by atoms with van der Waals surface area (Å²) in [7, 11) is 0. The van der Waals surface area contributed by atoms with Crippen LogP contribution >= 0.6 is 23.1 Å². The average Bonchev–Trinajstić information content (AvgIpc) is 3.49. The summed E-state index contributed by atoms with van der Waals surface area (Å²) in [6.07, 6.45) is 2.44. The molecule has 2 N–H and O–H groups in total. The third-order valence-electron chi connectivity index (χ3n) is 5.07. The number of aryl methyl sites for hydroxylation is 2. The van der Waals surface area contributed by atoms with Crippen LogP contribution in [0.15, 0.2) is 28.6 Å². The van der Waals surface area contributed by atoms with Gasteiger partial charge in [-0.05, 0) is 45.7 Å². The van der Waals surface area contributed by atoms with Crippen molar-refractivity contribution in [3.8, 4) is 5.69 Å². The quantitative estimate of drug-likeness (QED) is 0.493. The van der Waals surface area contributed by atoms with Gasteiger partial charge in [0.05, 0.1) is 34.6 Å². The third-order valence-corrected chi connectivity index (χ3v) is 7.09. The number of benzene rings is 1. The number of aromatic nitrogens is 4. The van der Waals surface area contributed by atoms with E-state index in [1.165, 1.54) is 28.7 Å². The topological polar surface area (TPSA) is 94.0 Å². The van der Waals surface area contributed by atoms with Crippen molar-refractivity contribution >= 4 is 39.8 Å². The number of carbonyl (C=O) groups is 1. The molecular formula is C21H26N6O2S2. The molecular weight excluding hydrogens is 432 g/mol. The second-order valence-corrected chi connectivity index (χ2v) is 9.72. The van der Waals surface area contributed by atoms with Crippen molar-refractivity contribution in [2.75, 3.05) is 29.5 Å². The Labute approximate surface area is 189 Å². The smallest absolute Gasteiger partial charge is 0.234 e. The lowest BCUT2D eigenvalue weighted by atomic mass is 10.2. The number of rotatable bonds is 8. The normalized spacial score (nSPS) is 15.9. The molecule has 164 valence electrons. The Morgan fingerprint density at radius 3 is 2.81 bits per heavy atom. The molecule has 3 heterocycles. The number of carbonyl (C=O) groups excluding carboxylic acids is 1. The van der Waals surface area contributed by atoms with Crippen molar-refractivity contribution < 1.29 is 9.53 Å². The summed E-state index contributed by atoms with van der Waals surface area (Å²) in [5, 5.41) is 19.9. The minimum atomic E-state index is -0.0938. The summed E-state index contributed by atoms with van der Waals surface area (Å²) >= 11 is 2.83. The zero-order valence-corrected chi connectivity index (χ0v) is 19.5. The Morgan fingerprint density at radius 1 is 1.26 bits per heavy atom. The number of anilines is 2. The molecule has 10 heteroatoms. The van der Waals surface area contributed by atoms with Gasteiger partial charge in [-0.3, -0.25) is 4.79 Å². The summed E-state index contributed by atoms with van der Waals surface area (Å²) in [5.74, 6) is 0.165. The Morgan fingerprint density at radius 2 is 2.06 bits per heavy atom. The fourth-order valence-corrected chi connectivity index (χ4v) is 4.97. The summed E-state index contributed by atoms with van der Waals surface area (Å²) < 4.78 is 8.21. The van der Waals surface area contributed by atoms with Gasteiger partial charge in [0.25, 0.3) is 0 Å². The molecule has 0 aliphatic carbocycles. The lowest BCUT2D eigenvalue weighted by Gasteiger charge is -2.08. The molecule has 1 aliphatic rings. The maximum atomic E-state index is 12.5. The summed E-state index contributed by atoms with van der Waals surface area (Å²) in [6, 6.07) is 8.14. The van der Waals surface area contributed by atoms with E-state index in [4.69, 9.17) is 4.74 Å². The lowest BCUT2D eigenvalue weighted by molar-refractivity contribution is -0.113. The standard InChI is InChI=1S/C21H26N6O2S2/c1-13-6-8-16(9-7-13)27-15(3)19(14(2)26-27)23-18(28)12-30-21-25-24-20(31-21)22-11-17-5-4-10-29-17/h6-9,17H,4-5,10-12H2,1-3H3,(H,22,24)(H,23,28)/t17-/m0/s1. The van der Waals surface area contributed by atoms with Gasteiger partial charge >= 0.3 is 0 Å². The molecule has 0 bridgehead atoms. The molecule has 3 aromatic rings. The number of ether oxygens (including phenoxy) is 1. The molecule has 31 heavy (non-hydrogen) atoms. The van der Waals surface area contributed by atoms with Crippen molar-refractivity contribution in [1.29, 1.82) is 0 Å². The van der Waals surface area contributed by atoms with E-state index in [2.05, 4.69) is 32.9 Å². The fraction of sp³-hybridized carbons (Fsp3) is 0.429. The molecule has 2 aromatic heterocycles. The molecule has 1 aromatic carbocycles. The number of hydrogen-bond acceptors (Lipinski definition) is 8. The Hall–Kier alpha value is -2.43. The van der Waals surface area contributed by atoms with Crippen molar-refractivity contribution in [3.05, 3.63) is 41.2 Å². The molecule has 8 nitrogen and oxygen atoms in total. The van der Waals surface area contributed by atoms with Crippen molar-refractivity contribution in [3.63, 3.8) is 0 Å². The van der Waals surface area contributed by atoms with Crippen molar-refractivity contribution in [2.45, 2.75) is 44.1 Å². The molecule has 0 radical (unpaired) electrons.